The predicted octanol–water partition coefficient (Wildman–Crippen LogP) is 6.43. The van der Waals surface area contributed by atoms with Crippen molar-refractivity contribution in [3.05, 3.63) is 62.0 Å². The molecule has 2 aromatic carbocycles. The standard InChI is InChI=1S/C15H14Br2ClN/c1-2-14(10-3-5-11(16)6-4-10)19-15-9-12(18)7-8-13(15)17/h3-9,14,19H,2H2,1H3. The first-order valence-electron chi connectivity index (χ1n) is 6.07. The Morgan fingerprint density at radius 1 is 1.11 bits per heavy atom. The average molecular weight is 404 g/mol. The van der Waals surface area contributed by atoms with Crippen LogP contribution in [0.2, 0.25) is 5.02 Å². The van der Waals surface area contributed by atoms with E-state index in [1.807, 2.05) is 18.2 Å². The molecule has 2 rings (SSSR count). The molecule has 0 amide bonds. The molecule has 0 aliphatic carbocycles. The van der Waals surface area contributed by atoms with Gasteiger partial charge in [-0.05, 0) is 58.2 Å². The zero-order chi connectivity index (χ0) is 13.8. The van der Waals surface area contributed by atoms with Gasteiger partial charge in [0.2, 0.25) is 0 Å². The maximum atomic E-state index is 6.04. The molecule has 2 aromatic rings. The molecule has 1 unspecified atom stereocenters. The lowest BCUT2D eigenvalue weighted by atomic mass is 10.0. The van der Waals surface area contributed by atoms with Crippen molar-refractivity contribution in [2.24, 2.45) is 0 Å². The first-order chi connectivity index (χ1) is 9.10. The van der Waals surface area contributed by atoms with Crippen LogP contribution < -0.4 is 5.32 Å². The van der Waals surface area contributed by atoms with E-state index in [0.29, 0.717) is 0 Å². The van der Waals surface area contributed by atoms with E-state index >= 15 is 0 Å². The molecule has 0 fully saturated rings. The molecule has 0 spiro atoms. The van der Waals surface area contributed by atoms with E-state index in [2.05, 4.69) is 68.4 Å². The fourth-order valence-corrected chi connectivity index (χ4v) is 2.71. The smallest absolute Gasteiger partial charge is 0.0511 e. The number of nitrogens with one attached hydrogen (secondary N) is 1. The number of anilines is 1. The minimum absolute atomic E-state index is 0.267. The van der Waals surface area contributed by atoms with Crippen molar-refractivity contribution in [3.8, 4) is 0 Å². The molecule has 4 heteroatoms. The number of halogens is 3. The van der Waals surface area contributed by atoms with Crippen LogP contribution in [0.1, 0.15) is 24.9 Å². The molecule has 1 atom stereocenters. The van der Waals surface area contributed by atoms with Gasteiger partial charge >= 0.3 is 0 Å². The van der Waals surface area contributed by atoms with E-state index < -0.39 is 0 Å². The summed E-state index contributed by atoms with van der Waals surface area (Å²) in [5.41, 5.74) is 2.28. The first-order valence-corrected chi connectivity index (χ1v) is 8.03. The van der Waals surface area contributed by atoms with Crippen LogP contribution in [-0.2, 0) is 0 Å². The van der Waals surface area contributed by atoms with Crippen LogP contribution >= 0.6 is 43.5 Å². The topological polar surface area (TPSA) is 12.0 Å². The van der Waals surface area contributed by atoms with Crippen molar-refractivity contribution in [1.82, 2.24) is 0 Å². The van der Waals surface area contributed by atoms with Crippen LogP contribution in [-0.4, -0.2) is 0 Å². The molecule has 0 aliphatic heterocycles. The molecule has 0 aliphatic rings. The summed E-state index contributed by atoms with van der Waals surface area (Å²) in [5.74, 6) is 0. The third kappa shape index (κ3) is 3.98. The van der Waals surface area contributed by atoms with Crippen molar-refractivity contribution in [3.63, 3.8) is 0 Å². The lowest BCUT2D eigenvalue weighted by molar-refractivity contribution is 0.748. The van der Waals surface area contributed by atoms with Gasteiger partial charge in [0.15, 0.2) is 0 Å². The summed E-state index contributed by atoms with van der Waals surface area (Å²) in [4.78, 5) is 0. The van der Waals surface area contributed by atoms with Gasteiger partial charge in [0, 0.05) is 14.0 Å². The minimum Gasteiger partial charge on any atom is -0.377 e. The third-order valence-electron chi connectivity index (χ3n) is 2.94. The first kappa shape index (κ1) is 14.9. The van der Waals surface area contributed by atoms with Gasteiger partial charge in [-0.15, -0.1) is 0 Å². The predicted molar refractivity (Wildman–Crippen MR) is 89.9 cm³/mol. The number of hydrogen-bond acceptors (Lipinski definition) is 1. The Balaban J connectivity index is 2.23. The van der Waals surface area contributed by atoms with Crippen molar-refractivity contribution >= 4 is 49.1 Å². The van der Waals surface area contributed by atoms with Crippen molar-refractivity contribution in [1.29, 1.82) is 0 Å². The normalized spacial score (nSPS) is 12.2. The fourth-order valence-electron chi connectivity index (χ4n) is 1.91. The van der Waals surface area contributed by atoms with Gasteiger partial charge in [-0.2, -0.15) is 0 Å². The summed E-state index contributed by atoms with van der Waals surface area (Å²) >= 11 is 13.0. The van der Waals surface area contributed by atoms with Gasteiger partial charge < -0.3 is 5.32 Å². The number of rotatable bonds is 4. The molecule has 19 heavy (non-hydrogen) atoms. The zero-order valence-electron chi connectivity index (χ0n) is 10.5. The Kier molecular flexibility index (Phi) is 5.31. The molecular formula is C15H14Br2ClN. The molecule has 0 saturated heterocycles. The third-order valence-corrected chi connectivity index (χ3v) is 4.39. The Labute approximate surface area is 135 Å². The van der Waals surface area contributed by atoms with Crippen LogP contribution in [0.4, 0.5) is 5.69 Å². The second-order valence-electron chi connectivity index (χ2n) is 4.28. The van der Waals surface area contributed by atoms with Gasteiger partial charge in [-0.3, -0.25) is 0 Å². The van der Waals surface area contributed by atoms with E-state index in [1.54, 1.807) is 0 Å². The fraction of sp³-hybridized carbons (Fsp3) is 0.200. The van der Waals surface area contributed by atoms with Gasteiger partial charge in [0.1, 0.15) is 0 Å². The van der Waals surface area contributed by atoms with E-state index in [4.69, 9.17) is 11.6 Å². The molecule has 0 heterocycles. The lowest BCUT2D eigenvalue weighted by Gasteiger charge is -2.20. The molecule has 0 saturated carbocycles. The van der Waals surface area contributed by atoms with Gasteiger partial charge in [0.05, 0.1) is 11.7 Å². The Morgan fingerprint density at radius 2 is 1.79 bits per heavy atom. The molecule has 100 valence electrons. The van der Waals surface area contributed by atoms with E-state index in [9.17, 15) is 0 Å². The highest BCUT2D eigenvalue weighted by molar-refractivity contribution is 9.10. The highest BCUT2D eigenvalue weighted by atomic mass is 79.9. The number of hydrogen-bond donors (Lipinski definition) is 1. The second kappa shape index (κ2) is 6.78. The van der Waals surface area contributed by atoms with Crippen molar-refractivity contribution < 1.29 is 0 Å². The quantitative estimate of drug-likeness (QED) is 0.620. The monoisotopic (exact) mass is 401 g/mol. The molecule has 1 N–H and O–H groups in total. The van der Waals surface area contributed by atoms with Crippen LogP contribution in [0.3, 0.4) is 0 Å². The van der Waals surface area contributed by atoms with Gasteiger partial charge in [-0.1, -0.05) is 46.6 Å². The molecular weight excluding hydrogens is 389 g/mol. The van der Waals surface area contributed by atoms with Gasteiger partial charge in [0.25, 0.3) is 0 Å². The lowest BCUT2D eigenvalue weighted by Crippen LogP contribution is -2.09. The average Bonchev–Trinajstić information content (AvgIpc) is 2.41. The van der Waals surface area contributed by atoms with Crippen LogP contribution in [0.15, 0.2) is 51.4 Å². The van der Waals surface area contributed by atoms with Gasteiger partial charge in [-0.25, -0.2) is 0 Å². The largest absolute Gasteiger partial charge is 0.377 e. The van der Waals surface area contributed by atoms with E-state index in [1.165, 1.54) is 5.56 Å². The molecule has 0 bridgehead atoms. The Hall–Kier alpha value is -0.510. The summed E-state index contributed by atoms with van der Waals surface area (Å²) in [6.07, 6.45) is 1.00. The minimum atomic E-state index is 0.267. The Bertz CT molecular complexity index is 555. The van der Waals surface area contributed by atoms with Crippen LogP contribution in [0.25, 0.3) is 0 Å². The van der Waals surface area contributed by atoms with Crippen LogP contribution in [0.5, 0.6) is 0 Å². The zero-order valence-corrected chi connectivity index (χ0v) is 14.4. The SMILES string of the molecule is CCC(Nc1cc(Cl)ccc1Br)c1ccc(Br)cc1. The molecule has 0 radical (unpaired) electrons. The summed E-state index contributed by atoms with van der Waals surface area (Å²) in [5, 5.41) is 4.26. The summed E-state index contributed by atoms with van der Waals surface area (Å²) < 4.78 is 2.11. The second-order valence-corrected chi connectivity index (χ2v) is 6.49. The van der Waals surface area contributed by atoms with Crippen molar-refractivity contribution in [2.45, 2.75) is 19.4 Å². The van der Waals surface area contributed by atoms with E-state index in [-0.39, 0.29) is 6.04 Å². The Morgan fingerprint density at radius 3 is 2.42 bits per heavy atom. The molecule has 0 aromatic heterocycles. The summed E-state index contributed by atoms with van der Waals surface area (Å²) in [6, 6.07) is 14.4. The van der Waals surface area contributed by atoms with Crippen molar-refractivity contribution in [2.75, 3.05) is 5.32 Å². The molecule has 1 nitrogen and oxygen atoms in total. The summed E-state index contributed by atoms with van der Waals surface area (Å²) in [6.45, 7) is 2.16. The van der Waals surface area contributed by atoms with E-state index in [0.717, 1.165) is 26.1 Å². The van der Waals surface area contributed by atoms with Crippen LogP contribution in [0, 0.1) is 0 Å². The maximum Gasteiger partial charge on any atom is 0.0511 e. The highest BCUT2D eigenvalue weighted by Gasteiger charge is 2.11. The summed E-state index contributed by atoms with van der Waals surface area (Å²) in [7, 11) is 0. The highest BCUT2D eigenvalue weighted by Crippen LogP contribution is 2.30. The maximum absolute atomic E-state index is 6.04. The number of benzene rings is 2.